The highest BCUT2D eigenvalue weighted by atomic mass is 15.1. The average Bonchev–Trinajstić information content (AvgIpc) is 2.28. The van der Waals surface area contributed by atoms with E-state index in [4.69, 9.17) is 5.73 Å². The van der Waals surface area contributed by atoms with E-state index in [0.29, 0.717) is 6.04 Å². The van der Waals surface area contributed by atoms with Crippen molar-refractivity contribution >= 4 is 11.4 Å². The molecular weight excluding hydrogens is 208 g/mol. The topological polar surface area (TPSA) is 29.3 Å². The molecule has 1 aromatic rings. The van der Waals surface area contributed by atoms with Gasteiger partial charge in [-0.05, 0) is 49.4 Å². The molecule has 0 spiro atoms. The fraction of sp³-hybridized carbons (Fsp3) is 0.600. The Balaban J connectivity index is 2.15. The number of aryl methyl sites for hydroxylation is 1. The normalized spacial score (nSPS) is 24.6. The summed E-state index contributed by atoms with van der Waals surface area (Å²) >= 11 is 0. The summed E-state index contributed by atoms with van der Waals surface area (Å²) in [7, 11) is 2.22. The third kappa shape index (κ3) is 2.74. The monoisotopic (exact) mass is 232 g/mol. The van der Waals surface area contributed by atoms with E-state index in [-0.39, 0.29) is 0 Å². The van der Waals surface area contributed by atoms with Gasteiger partial charge in [0, 0.05) is 24.5 Å². The van der Waals surface area contributed by atoms with Gasteiger partial charge >= 0.3 is 0 Å². The van der Waals surface area contributed by atoms with Crippen LogP contribution in [-0.2, 0) is 0 Å². The Labute approximate surface area is 105 Å². The minimum absolute atomic E-state index is 0.695. The summed E-state index contributed by atoms with van der Waals surface area (Å²) in [5.41, 5.74) is 9.28. The maximum absolute atomic E-state index is 5.81. The maximum atomic E-state index is 5.81. The number of nitrogen functional groups attached to an aromatic ring is 1. The highest BCUT2D eigenvalue weighted by Crippen LogP contribution is 2.31. The van der Waals surface area contributed by atoms with Crippen LogP contribution in [0.4, 0.5) is 11.4 Å². The molecule has 2 nitrogen and oxygen atoms in total. The van der Waals surface area contributed by atoms with Crippen LogP contribution >= 0.6 is 0 Å². The van der Waals surface area contributed by atoms with Crippen molar-refractivity contribution < 1.29 is 0 Å². The predicted octanol–water partition coefficient (Wildman–Crippen LogP) is 3.59. The van der Waals surface area contributed by atoms with Gasteiger partial charge in [-0.1, -0.05) is 19.8 Å². The molecule has 1 aliphatic carbocycles. The number of hydrogen-bond donors (Lipinski definition) is 1. The van der Waals surface area contributed by atoms with E-state index in [1.807, 2.05) is 6.07 Å². The van der Waals surface area contributed by atoms with Crippen molar-refractivity contribution in [3.8, 4) is 0 Å². The third-order valence-corrected chi connectivity index (χ3v) is 4.06. The van der Waals surface area contributed by atoms with Crippen LogP contribution in [0.15, 0.2) is 18.2 Å². The molecule has 0 aliphatic heterocycles. The highest BCUT2D eigenvalue weighted by Gasteiger charge is 2.23. The Kier molecular flexibility index (Phi) is 3.60. The van der Waals surface area contributed by atoms with Crippen LogP contribution in [-0.4, -0.2) is 13.1 Å². The lowest BCUT2D eigenvalue weighted by atomic mass is 9.86. The Bertz CT molecular complexity index is 387. The van der Waals surface area contributed by atoms with Crippen LogP contribution in [0.2, 0.25) is 0 Å². The summed E-state index contributed by atoms with van der Waals surface area (Å²) in [4.78, 5) is 2.45. The maximum Gasteiger partial charge on any atom is 0.0397 e. The van der Waals surface area contributed by atoms with Gasteiger partial charge in [0.15, 0.2) is 0 Å². The lowest BCUT2D eigenvalue weighted by Gasteiger charge is -2.36. The first-order valence-corrected chi connectivity index (χ1v) is 6.67. The molecule has 1 fully saturated rings. The molecule has 2 rings (SSSR count). The zero-order chi connectivity index (χ0) is 12.4. The molecule has 17 heavy (non-hydrogen) atoms. The van der Waals surface area contributed by atoms with E-state index in [1.165, 1.54) is 36.9 Å². The molecule has 0 radical (unpaired) electrons. The van der Waals surface area contributed by atoms with E-state index >= 15 is 0 Å². The van der Waals surface area contributed by atoms with Crippen molar-refractivity contribution in [3.63, 3.8) is 0 Å². The van der Waals surface area contributed by atoms with Gasteiger partial charge in [-0.3, -0.25) is 0 Å². The van der Waals surface area contributed by atoms with E-state index in [2.05, 4.69) is 37.9 Å². The van der Waals surface area contributed by atoms with E-state index in [1.54, 1.807) is 0 Å². The lowest BCUT2D eigenvalue weighted by Crippen LogP contribution is -2.35. The van der Waals surface area contributed by atoms with Crippen molar-refractivity contribution in [1.82, 2.24) is 0 Å². The number of benzene rings is 1. The molecule has 0 saturated heterocycles. The van der Waals surface area contributed by atoms with Crippen LogP contribution < -0.4 is 10.6 Å². The second-order valence-corrected chi connectivity index (χ2v) is 5.58. The summed E-state index contributed by atoms with van der Waals surface area (Å²) in [5, 5.41) is 0. The number of rotatable bonds is 2. The summed E-state index contributed by atoms with van der Waals surface area (Å²) in [5.74, 6) is 0.866. The first kappa shape index (κ1) is 12.3. The predicted molar refractivity (Wildman–Crippen MR) is 75.4 cm³/mol. The van der Waals surface area contributed by atoms with Gasteiger partial charge in [0.05, 0.1) is 0 Å². The summed E-state index contributed by atoms with van der Waals surface area (Å²) in [6.07, 6.45) is 5.40. The Morgan fingerprint density at radius 3 is 2.71 bits per heavy atom. The van der Waals surface area contributed by atoms with Crippen LogP contribution in [0.1, 0.15) is 38.2 Å². The summed E-state index contributed by atoms with van der Waals surface area (Å²) < 4.78 is 0. The zero-order valence-corrected chi connectivity index (χ0v) is 11.2. The van der Waals surface area contributed by atoms with Crippen molar-refractivity contribution in [2.45, 2.75) is 45.6 Å². The molecular formula is C15H24N2. The minimum atomic E-state index is 0.695. The minimum Gasteiger partial charge on any atom is -0.399 e. The van der Waals surface area contributed by atoms with Gasteiger partial charge in [0.1, 0.15) is 0 Å². The summed E-state index contributed by atoms with van der Waals surface area (Å²) in [6, 6.07) is 6.92. The van der Waals surface area contributed by atoms with Gasteiger partial charge in [0.2, 0.25) is 0 Å². The van der Waals surface area contributed by atoms with Gasteiger partial charge in [0.25, 0.3) is 0 Å². The van der Waals surface area contributed by atoms with Gasteiger partial charge in [-0.2, -0.15) is 0 Å². The first-order chi connectivity index (χ1) is 8.08. The number of nitrogens with zero attached hydrogens (tertiary/aromatic N) is 1. The quantitative estimate of drug-likeness (QED) is 0.790. The van der Waals surface area contributed by atoms with Crippen molar-refractivity contribution in [1.29, 1.82) is 0 Å². The fourth-order valence-electron chi connectivity index (χ4n) is 3.02. The van der Waals surface area contributed by atoms with Gasteiger partial charge in [-0.25, -0.2) is 0 Å². The molecule has 0 amide bonds. The Morgan fingerprint density at radius 1 is 1.29 bits per heavy atom. The number of nitrogens with two attached hydrogens (primary N) is 1. The van der Waals surface area contributed by atoms with Gasteiger partial charge in [-0.15, -0.1) is 0 Å². The van der Waals surface area contributed by atoms with Gasteiger partial charge < -0.3 is 10.6 Å². The van der Waals surface area contributed by atoms with E-state index in [0.717, 1.165) is 11.6 Å². The Hall–Kier alpha value is -1.18. The largest absolute Gasteiger partial charge is 0.399 e. The molecule has 1 aliphatic rings. The van der Waals surface area contributed by atoms with Crippen LogP contribution in [0.25, 0.3) is 0 Å². The standard InChI is InChI=1S/C15H24N2/c1-11-5-4-6-14(9-11)17(3)15-8-7-13(16)10-12(15)2/h7-8,10-11,14H,4-6,9,16H2,1-3H3. The smallest absolute Gasteiger partial charge is 0.0397 e. The first-order valence-electron chi connectivity index (χ1n) is 6.67. The van der Waals surface area contributed by atoms with Crippen molar-refractivity contribution in [2.75, 3.05) is 17.7 Å². The highest BCUT2D eigenvalue weighted by molar-refractivity contribution is 5.59. The molecule has 2 unspecified atom stereocenters. The molecule has 94 valence electrons. The molecule has 2 N–H and O–H groups in total. The van der Waals surface area contributed by atoms with Crippen molar-refractivity contribution in [2.24, 2.45) is 5.92 Å². The second-order valence-electron chi connectivity index (χ2n) is 5.58. The fourth-order valence-corrected chi connectivity index (χ4v) is 3.02. The van der Waals surface area contributed by atoms with E-state index < -0.39 is 0 Å². The number of hydrogen-bond acceptors (Lipinski definition) is 2. The zero-order valence-electron chi connectivity index (χ0n) is 11.2. The average molecular weight is 232 g/mol. The molecule has 0 heterocycles. The molecule has 0 bridgehead atoms. The molecule has 1 aromatic carbocycles. The van der Waals surface area contributed by atoms with Crippen LogP contribution in [0, 0.1) is 12.8 Å². The third-order valence-electron chi connectivity index (χ3n) is 4.06. The van der Waals surface area contributed by atoms with Crippen LogP contribution in [0.3, 0.4) is 0 Å². The lowest BCUT2D eigenvalue weighted by molar-refractivity contribution is 0.336. The number of anilines is 2. The molecule has 0 aromatic heterocycles. The van der Waals surface area contributed by atoms with Crippen LogP contribution in [0.5, 0.6) is 0 Å². The summed E-state index contributed by atoms with van der Waals surface area (Å²) in [6.45, 7) is 4.52. The van der Waals surface area contributed by atoms with E-state index in [9.17, 15) is 0 Å². The van der Waals surface area contributed by atoms with Crippen molar-refractivity contribution in [3.05, 3.63) is 23.8 Å². The SMILES string of the molecule is Cc1cc(N)ccc1N(C)C1CCCC(C)C1. The Morgan fingerprint density at radius 2 is 2.06 bits per heavy atom. The second kappa shape index (κ2) is 4.99. The molecule has 2 heteroatoms. The molecule has 1 saturated carbocycles. The molecule has 2 atom stereocenters.